The molecule has 0 radical (unpaired) electrons. The van der Waals surface area contributed by atoms with E-state index < -0.39 is 0 Å². The minimum atomic E-state index is -0.0812. The zero-order chi connectivity index (χ0) is 15.1. The Balaban J connectivity index is 1.55. The van der Waals surface area contributed by atoms with Gasteiger partial charge in [-0.2, -0.15) is 0 Å². The van der Waals surface area contributed by atoms with Crippen molar-refractivity contribution in [1.82, 2.24) is 25.6 Å². The summed E-state index contributed by atoms with van der Waals surface area (Å²) in [6.07, 6.45) is 3.21. The first kappa shape index (κ1) is 13.4. The number of fused-ring (bicyclic) bond motifs is 1. The number of rotatable bonds is 2. The van der Waals surface area contributed by atoms with Crippen molar-refractivity contribution in [3.05, 3.63) is 23.8 Å². The summed E-state index contributed by atoms with van der Waals surface area (Å²) in [5.74, 6) is -0.0812. The monoisotopic (exact) mass is 317 g/mol. The Morgan fingerprint density at radius 1 is 1.23 bits per heavy atom. The Morgan fingerprint density at radius 2 is 2.00 bits per heavy atom. The summed E-state index contributed by atoms with van der Waals surface area (Å²) < 4.78 is 4.67. The highest BCUT2D eigenvalue weighted by atomic mass is 32.1. The van der Waals surface area contributed by atoms with Gasteiger partial charge in [0, 0.05) is 24.7 Å². The zero-order valence-electron chi connectivity index (χ0n) is 11.9. The fourth-order valence-electron chi connectivity index (χ4n) is 2.58. The summed E-state index contributed by atoms with van der Waals surface area (Å²) in [4.78, 5) is 12.7. The molecule has 1 N–H and O–H groups in total. The molecular weight excluding hydrogens is 302 g/mol. The van der Waals surface area contributed by atoms with Crippen molar-refractivity contribution in [2.24, 2.45) is 0 Å². The van der Waals surface area contributed by atoms with Crippen LogP contribution >= 0.6 is 12.2 Å². The molecule has 4 rings (SSSR count). The van der Waals surface area contributed by atoms with Gasteiger partial charge in [0.1, 0.15) is 11.0 Å². The molecule has 1 aliphatic carbocycles. The molecular formula is C14H15N5O2S. The maximum absolute atomic E-state index is 12.7. The Kier molecular flexibility index (Phi) is 3.18. The Bertz CT molecular complexity index is 742. The molecule has 22 heavy (non-hydrogen) atoms. The fraction of sp³-hybridized carbons (Fsp3) is 0.429. The van der Waals surface area contributed by atoms with Gasteiger partial charge in [-0.05, 0) is 60.0 Å². The van der Waals surface area contributed by atoms with Gasteiger partial charge in [0.2, 0.25) is 0 Å². The van der Waals surface area contributed by atoms with E-state index >= 15 is 0 Å². The van der Waals surface area contributed by atoms with Crippen molar-refractivity contribution in [3.8, 4) is 0 Å². The van der Waals surface area contributed by atoms with Crippen LogP contribution in [0.1, 0.15) is 29.6 Å². The molecule has 2 fully saturated rings. The first-order valence-corrected chi connectivity index (χ1v) is 7.75. The van der Waals surface area contributed by atoms with Crippen molar-refractivity contribution in [3.63, 3.8) is 0 Å². The van der Waals surface area contributed by atoms with E-state index in [1.165, 1.54) is 0 Å². The van der Waals surface area contributed by atoms with E-state index in [1.807, 2.05) is 5.01 Å². The molecule has 7 nitrogen and oxygen atoms in total. The molecule has 0 unspecified atom stereocenters. The third kappa shape index (κ3) is 2.39. The van der Waals surface area contributed by atoms with Gasteiger partial charge in [-0.3, -0.25) is 9.80 Å². The maximum atomic E-state index is 12.7. The zero-order valence-corrected chi connectivity index (χ0v) is 12.7. The number of benzene rings is 1. The Morgan fingerprint density at radius 3 is 2.82 bits per heavy atom. The number of hydrogen-bond acceptors (Lipinski definition) is 5. The van der Waals surface area contributed by atoms with Crippen molar-refractivity contribution in [2.45, 2.75) is 25.3 Å². The molecule has 0 bridgehead atoms. The molecule has 1 amide bonds. The summed E-state index contributed by atoms with van der Waals surface area (Å²) in [6.45, 7) is 1.43. The second kappa shape index (κ2) is 5.20. The maximum Gasteiger partial charge on any atom is 0.272 e. The normalized spacial score (nSPS) is 18.0. The van der Waals surface area contributed by atoms with Gasteiger partial charge in [-0.25, -0.2) is 9.64 Å². The lowest BCUT2D eigenvalue weighted by atomic mass is 10.2. The first-order valence-electron chi connectivity index (χ1n) is 7.34. The van der Waals surface area contributed by atoms with E-state index in [9.17, 15) is 4.79 Å². The third-order valence-electron chi connectivity index (χ3n) is 3.91. The van der Waals surface area contributed by atoms with Gasteiger partial charge < -0.3 is 5.32 Å². The average molecular weight is 317 g/mol. The van der Waals surface area contributed by atoms with Gasteiger partial charge in [-0.15, -0.1) is 0 Å². The quantitative estimate of drug-likeness (QED) is 0.837. The highest BCUT2D eigenvalue weighted by molar-refractivity contribution is 7.80. The van der Waals surface area contributed by atoms with E-state index in [0.717, 1.165) is 25.8 Å². The lowest BCUT2D eigenvalue weighted by molar-refractivity contribution is 0.0491. The van der Waals surface area contributed by atoms with E-state index in [1.54, 1.807) is 23.2 Å². The number of nitrogens with zero attached hydrogens (tertiary/aromatic N) is 4. The number of thiocarbonyl (C=S) groups is 1. The Hall–Kier alpha value is -2.22. The van der Waals surface area contributed by atoms with Crippen LogP contribution in [0.25, 0.3) is 11.0 Å². The van der Waals surface area contributed by atoms with Crippen molar-refractivity contribution >= 4 is 34.3 Å². The van der Waals surface area contributed by atoms with Crippen LogP contribution in [-0.2, 0) is 0 Å². The molecule has 1 saturated carbocycles. The SMILES string of the molecule is O=C(c1ccc2nonc2c1)N1CCCN1C(=S)NC1CC1. The molecule has 0 atom stereocenters. The summed E-state index contributed by atoms with van der Waals surface area (Å²) in [5, 5.41) is 15.0. The molecule has 8 heteroatoms. The van der Waals surface area contributed by atoms with Gasteiger partial charge in [0.15, 0.2) is 5.11 Å². The molecule has 1 aliphatic heterocycles. The van der Waals surface area contributed by atoms with E-state index in [-0.39, 0.29) is 5.91 Å². The van der Waals surface area contributed by atoms with Crippen molar-refractivity contribution in [1.29, 1.82) is 0 Å². The second-order valence-electron chi connectivity index (χ2n) is 5.60. The van der Waals surface area contributed by atoms with Gasteiger partial charge in [-0.1, -0.05) is 0 Å². The second-order valence-corrected chi connectivity index (χ2v) is 5.98. The molecule has 1 aromatic heterocycles. The number of hydrazine groups is 1. The lowest BCUT2D eigenvalue weighted by Crippen LogP contribution is -2.49. The predicted molar refractivity (Wildman–Crippen MR) is 82.9 cm³/mol. The van der Waals surface area contributed by atoms with Gasteiger partial charge >= 0.3 is 0 Å². The summed E-state index contributed by atoms with van der Waals surface area (Å²) in [6, 6.07) is 5.65. The third-order valence-corrected chi connectivity index (χ3v) is 4.23. The van der Waals surface area contributed by atoms with E-state index in [0.29, 0.717) is 34.3 Å². The van der Waals surface area contributed by atoms with Gasteiger partial charge in [0.25, 0.3) is 5.91 Å². The molecule has 114 valence electrons. The molecule has 0 spiro atoms. The fourth-order valence-corrected chi connectivity index (χ4v) is 2.93. The van der Waals surface area contributed by atoms with E-state index in [2.05, 4.69) is 20.3 Å². The number of carbonyl (C=O) groups is 1. The molecule has 2 aliphatic rings. The number of hydrogen-bond donors (Lipinski definition) is 1. The molecule has 1 saturated heterocycles. The van der Waals surface area contributed by atoms with Crippen LogP contribution in [0.3, 0.4) is 0 Å². The molecule has 1 aromatic carbocycles. The minimum absolute atomic E-state index is 0.0812. The average Bonchev–Trinajstić information content (AvgIpc) is 3.05. The van der Waals surface area contributed by atoms with Crippen LogP contribution in [-0.4, -0.2) is 50.5 Å². The number of nitrogens with one attached hydrogen (secondary N) is 1. The summed E-state index contributed by atoms with van der Waals surface area (Å²) in [7, 11) is 0. The van der Waals surface area contributed by atoms with Crippen LogP contribution in [0.2, 0.25) is 0 Å². The number of carbonyl (C=O) groups excluding carboxylic acids is 1. The first-order chi connectivity index (χ1) is 10.7. The summed E-state index contributed by atoms with van der Waals surface area (Å²) in [5.41, 5.74) is 1.78. The topological polar surface area (TPSA) is 74.5 Å². The van der Waals surface area contributed by atoms with Crippen LogP contribution in [0, 0.1) is 0 Å². The van der Waals surface area contributed by atoms with E-state index in [4.69, 9.17) is 12.2 Å². The largest absolute Gasteiger partial charge is 0.358 e. The predicted octanol–water partition coefficient (Wildman–Crippen LogP) is 1.32. The number of amides is 1. The lowest BCUT2D eigenvalue weighted by Gasteiger charge is -2.30. The molecule has 2 aromatic rings. The highest BCUT2D eigenvalue weighted by Gasteiger charge is 2.32. The smallest absolute Gasteiger partial charge is 0.272 e. The highest BCUT2D eigenvalue weighted by Crippen LogP contribution is 2.22. The summed E-state index contributed by atoms with van der Waals surface area (Å²) >= 11 is 5.42. The minimum Gasteiger partial charge on any atom is -0.358 e. The number of aromatic nitrogens is 2. The molecule has 2 heterocycles. The van der Waals surface area contributed by atoms with Gasteiger partial charge in [0.05, 0.1) is 0 Å². The standard InChI is InChI=1S/C14H15N5O2S/c20-13(9-2-5-11-12(8-9)17-21-16-11)18-6-1-7-19(18)14(22)15-10-3-4-10/h2,5,8,10H,1,3-4,6-7H2,(H,15,22). The Labute approximate surface area is 132 Å². The van der Waals surface area contributed by atoms with Crippen LogP contribution in [0.15, 0.2) is 22.8 Å². The van der Waals surface area contributed by atoms with Crippen molar-refractivity contribution in [2.75, 3.05) is 13.1 Å². The van der Waals surface area contributed by atoms with Crippen LogP contribution < -0.4 is 5.32 Å². The van der Waals surface area contributed by atoms with Crippen molar-refractivity contribution < 1.29 is 9.42 Å². The van der Waals surface area contributed by atoms with Crippen LogP contribution in [0.5, 0.6) is 0 Å². The van der Waals surface area contributed by atoms with Crippen LogP contribution in [0.4, 0.5) is 0 Å².